The molecule has 1 heterocycles. The van der Waals surface area contributed by atoms with Crippen LogP contribution in [0.25, 0.3) is 0 Å². The fourth-order valence-electron chi connectivity index (χ4n) is 2.98. The second-order valence-corrected chi connectivity index (χ2v) is 6.04. The molecule has 0 unspecified atom stereocenters. The third-order valence-corrected chi connectivity index (χ3v) is 4.62. The van der Waals surface area contributed by atoms with E-state index in [-0.39, 0.29) is 11.3 Å². The summed E-state index contributed by atoms with van der Waals surface area (Å²) in [6.45, 7) is 6.37. The first-order valence-electron chi connectivity index (χ1n) is 7.44. The van der Waals surface area contributed by atoms with Crippen LogP contribution in [0.4, 0.5) is 0 Å². The van der Waals surface area contributed by atoms with Crippen LogP contribution in [0.2, 0.25) is 0 Å². The number of benzene rings is 1. The van der Waals surface area contributed by atoms with Crippen LogP contribution in [0.1, 0.15) is 45.8 Å². The van der Waals surface area contributed by atoms with Crippen molar-refractivity contribution in [2.75, 3.05) is 6.54 Å². The molecule has 110 valence electrons. The van der Waals surface area contributed by atoms with Crippen molar-refractivity contribution in [3.8, 4) is 0 Å². The van der Waals surface area contributed by atoms with Crippen LogP contribution in [0, 0.1) is 20.8 Å². The van der Waals surface area contributed by atoms with Crippen molar-refractivity contribution in [1.82, 2.24) is 5.32 Å². The summed E-state index contributed by atoms with van der Waals surface area (Å²) in [5, 5.41) is 3.10. The number of hydrogen-bond donors (Lipinski definition) is 1. The van der Waals surface area contributed by atoms with Gasteiger partial charge in [0.2, 0.25) is 0 Å². The third kappa shape index (κ3) is 2.48. The van der Waals surface area contributed by atoms with Gasteiger partial charge in [0.15, 0.2) is 0 Å². The fraction of sp³-hybridized carbons (Fsp3) is 0.389. The lowest BCUT2D eigenvalue weighted by Gasteiger charge is -2.16. The minimum Gasteiger partial charge on any atom is -0.466 e. The van der Waals surface area contributed by atoms with E-state index in [0.29, 0.717) is 17.9 Å². The maximum Gasteiger partial charge on any atom is 0.255 e. The highest BCUT2D eigenvalue weighted by atomic mass is 16.3. The Morgan fingerprint density at radius 2 is 1.81 bits per heavy atom. The maximum atomic E-state index is 12.4. The van der Waals surface area contributed by atoms with Crippen molar-refractivity contribution in [2.45, 2.75) is 39.0 Å². The van der Waals surface area contributed by atoms with Gasteiger partial charge in [0.05, 0.1) is 5.56 Å². The first-order valence-corrected chi connectivity index (χ1v) is 7.44. The Hall–Kier alpha value is -2.03. The van der Waals surface area contributed by atoms with Crippen molar-refractivity contribution < 1.29 is 9.21 Å². The minimum atomic E-state index is -0.0240. The Morgan fingerprint density at radius 3 is 2.33 bits per heavy atom. The molecule has 0 radical (unpaired) electrons. The molecule has 1 fully saturated rings. The average molecular weight is 283 g/mol. The maximum absolute atomic E-state index is 12.4. The molecule has 2 aromatic rings. The molecular weight excluding hydrogens is 262 g/mol. The van der Waals surface area contributed by atoms with Gasteiger partial charge in [-0.25, -0.2) is 0 Å². The summed E-state index contributed by atoms with van der Waals surface area (Å²) in [7, 11) is 0. The van der Waals surface area contributed by atoms with Crippen LogP contribution in [-0.2, 0) is 5.41 Å². The summed E-state index contributed by atoms with van der Waals surface area (Å²) < 4.78 is 5.54. The Bertz CT molecular complexity index is 666. The quantitative estimate of drug-likeness (QED) is 0.930. The Labute approximate surface area is 125 Å². The van der Waals surface area contributed by atoms with E-state index in [1.165, 1.54) is 5.56 Å². The number of rotatable bonds is 4. The number of furan rings is 1. The van der Waals surface area contributed by atoms with E-state index >= 15 is 0 Å². The number of amides is 1. The molecule has 3 nitrogen and oxygen atoms in total. The molecule has 0 saturated heterocycles. The van der Waals surface area contributed by atoms with Gasteiger partial charge in [-0.15, -0.1) is 0 Å². The molecule has 1 aromatic heterocycles. The van der Waals surface area contributed by atoms with Gasteiger partial charge in [-0.05, 0) is 39.2 Å². The van der Waals surface area contributed by atoms with Crippen LogP contribution in [0.5, 0.6) is 0 Å². The van der Waals surface area contributed by atoms with Crippen molar-refractivity contribution in [3.63, 3.8) is 0 Å². The number of nitrogens with one attached hydrogen (secondary N) is 1. The SMILES string of the molecule is Cc1oc(C)c(C(=O)NCC2(c3ccccc3)CC2)c1C. The van der Waals surface area contributed by atoms with E-state index in [0.717, 1.165) is 24.2 Å². The van der Waals surface area contributed by atoms with E-state index in [1.54, 1.807) is 0 Å². The second-order valence-electron chi connectivity index (χ2n) is 6.04. The summed E-state index contributed by atoms with van der Waals surface area (Å²) in [5.41, 5.74) is 3.09. The van der Waals surface area contributed by atoms with E-state index in [9.17, 15) is 4.79 Å². The van der Waals surface area contributed by atoms with Gasteiger partial charge in [-0.2, -0.15) is 0 Å². The predicted octanol–water partition coefficient (Wildman–Crippen LogP) is 3.67. The van der Waals surface area contributed by atoms with Gasteiger partial charge >= 0.3 is 0 Å². The van der Waals surface area contributed by atoms with Gasteiger partial charge in [0.1, 0.15) is 11.5 Å². The van der Waals surface area contributed by atoms with Crippen LogP contribution in [-0.4, -0.2) is 12.5 Å². The summed E-state index contributed by atoms with van der Waals surface area (Å²) in [4.78, 5) is 12.4. The molecule has 1 aromatic carbocycles. The molecule has 3 rings (SSSR count). The van der Waals surface area contributed by atoms with Gasteiger partial charge in [0.25, 0.3) is 5.91 Å². The molecule has 3 heteroatoms. The van der Waals surface area contributed by atoms with Crippen LogP contribution in [0.15, 0.2) is 34.7 Å². The average Bonchev–Trinajstić information content (AvgIpc) is 3.22. The number of carbonyl (C=O) groups is 1. The highest BCUT2D eigenvalue weighted by molar-refractivity contribution is 5.96. The van der Waals surface area contributed by atoms with Crippen molar-refractivity contribution in [3.05, 3.63) is 58.5 Å². The van der Waals surface area contributed by atoms with Gasteiger partial charge in [-0.1, -0.05) is 30.3 Å². The Morgan fingerprint density at radius 1 is 1.14 bits per heavy atom. The molecule has 0 atom stereocenters. The van der Waals surface area contributed by atoms with E-state index in [4.69, 9.17) is 4.42 Å². The molecule has 0 spiro atoms. The zero-order valence-corrected chi connectivity index (χ0v) is 12.8. The molecule has 1 saturated carbocycles. The van der Waals surface area contributed by atoms with E-state index in [2.05, 4.69) is 29.6 Å². The lowest BCUT2D eigenvalue weighted by atomic mass is 9.96. The molecule has 1 aliphatic carbocycles. The molecule has 0 bridgehead atoms. The van der Waals surface area contributed by atoms with Gasteiger partial charge in [0, 0.05) is 17.5 Å². The molecular formula is C18H21NO2. The first-order chi connectivity index (χ1) is 10.0. The standard InChI is InChI=1S/C18H21NO2/c1-12-13(2)21-14(3)16(12)17(20)19-11-18(9-10-18)15-7-5-4-6-8-15/h4-8H,9-11H2,1-3H3,(H,19,20). The predicted molar refractivity (Wildman–Crippen MR) is 82.6 cm³/mol. The summed E-state index contributed by atoms with van der Waals surface area (Å²) in [6, 6.07) is 10.4. The largest absolute Gasteiger partial charge is 0.466 e. The van der Waals surface area contributed by atoms with Crippen molar-refractivity contribution >= 4 is 5.91 Å². The third-order valence-electron chi connectivity index (χ3n) is 4.62. The van der Waals surface area contributed by atoms with Gasteiger partial charge in [-0.3, -0.25) is 4.79 Å². The zero-order chi connectivity index (χ0) is 15.0. The lowest BCUT2D eigenvalue weighted by molar-refractivity contribution is 0.0947. The molecule has 1 N–H and O–H groups in total. The monoisotopic (exact) mass is 283 g/mol. The normalized spacial score (nSPS) is 15.8. The van der Waals surface area contributed by atoms with Crippen LogP contribution >= 0.6 is 0 Å². The second kappa shape index (κ2) is 5.06. The molecule has 21 heavy (non-hydrogen) atoms. The number of hydrogen-bond acceptors (Lipinski definition) is 2. The molecule has 1 amide bonds. The fourth-order valence-corrected chi connectivity index (χ4v) is 2.98. The Kier molecular flexibility index (Phi) is 3.36. The van der Waals surface area contributed by atoms with E-state index < -0.39 is 0 Å². The van der Waals surface area contributed by atoms with Crippen molar-refractivity contribution in [2.24, 2.45) is 0 Å². The lowest BCUT2D eigenvalue weighted by Crippen LogP contribution is -2.32. The van der Waals surface area contributed by atoms with Crippen LogP contribution in [0.3, 0.4) is 0 Å². The minimum absolute atomic E-state index is 0.0240. The Balaban J connectivity index is 1.72. The van der Waals surface area contributed by atoms with E-state index in [1.807, 2.05) is 26.8 Å². The topological polar surface area (TPSA) is 42.2 Å². The highest BCUT2D eigenvalue weighted by Crippen LogP contribution is 2.47. The summed E-state index contributed by atoms with van der Waals surface area (Å²) in [5.74, 6) is 1.50. The first kappa shape index (κ1) is 13.9. The summed E-state index contributed by atoms with van der Waals surface area (Å²) in [6.07, 6.45) is 2.28. The number of aryl methyl sites for hydroxylation is 2. The highest BCUT2D eigenvalue weighted by Gasteiger charge is 2.44. The number of carbonyl (C=O) groups excluding carboxylic acids is 1. The molecule has 0 aliphatic heterocycles. The van der Waals surface area contributed by atoms with Crippen LogP contribution < -0.4 is 5.32 Å². The zero-order valence-electron chi connectivity index (χ0n) is 12.8. The van der Waals surface area contributed by atoms with Crippen molar-refractivity contribution in [1.29, 1.82) is 0 Å². The molecule has 1 aliphatic rings. The smallest absolute Gasteiger partial charge is 0.255 e. The summed E-state index contributed by atoms with van der Waals surface area (Å²) >= 11 is 0. The van der Waals surface area contributed by atoms with Gasteiger partial charge < -0.3 is 9.73 Å².